The van der Waals surface area contributed by atoms with Crippen molar-refractivity contribution in [1.82, 2.24) is 0 Å². The van der Waals surface area contributed by atoms with E-state index in [1.807, 2.05) is 0 Å². The lowest BCUT2D eigenvalue weighted by Crippen LogP contribution is -2.39. The molecule has 1 aliphatic carbocycles. The molecule has 0 heterocycles. The molecule has 0 atom stereocenters. The van der Waals surface area contributed by atoms with Gasteiger partial charge in [-0.2, -0.15) is 0 Å². The van der Waals surface area contributed by atoms with Crippen molar-refractivity contribution < 1.29 is 5.11 Å². The van der Waals surface area contributed by atoms with E-state index in [1.54, 1.807) is 0 Å². The zero-order valence-electron chi connectivity index (χ0n) is 12.9. The van der Waals surface area contributed by atoms with Crippen molar-refractivity contribution in [3.63, 3.8) is 0 Å². The van der Waals surface area contributed by atoms with Gasteiger partial charge in [-0.1, -0.05) is 52.9 Å². The monoisotopic (exact) mass is 254 g/mol. The van der Waals surface area contributed by atoms with Gasteiger partial charge in [0.05, 0.1) is 5.60 Å². The van der Waals surface area contributed by atoms with Crippen molar-refractivity contribution in [2.45, 2.75) is 103 Å². The highest BCUT2D eigenvalue weighted by molar-refractivity contribution is 4.92. The van der Waals surface area contributed by atoms with E-state index in [9.17, 15) is 5.11 Å². The summed E-state index contributed by atoms with van der Waals surface area (Å²) >= 11 is 0. The van der Waals surface area contributed by atoms with Gasteiger partial charge in [0.25, 0.3) is 0 Å². The Labute approximate surface area is 114 Å². The molecular formula is C17H34O. The van der Waals surface area contributed by atoms with Crippen LogP contribution in [0.15, 0.2) is 0 Å². The third-order valence-electron chi connectivity index (χ3n) is 5.08. The Balaban J connectivity index is 2.54. The summed E-state index contributed by atoms with van der Waals surface area (Å²) in [6.07, 6.45) is 14.9. The van der Waals surface area contributed by atoms with Gasteiger partial charge in [-0.05, 0) is 50.4 Å². The molecule has 0 bridgehead atoms. The molecule has 0 aromatic heterocycles. The topological polar surface area (TPSA) is 20.2 Å². The van der Waals surface area contributed by atoms with Crippen molar-refractivity contribution in [2.24, 2.45) is 5.41 Å². The molecule has 0 aromatic carbocycles. The minimum absolute atomic E-state index is 0.323. The molecular weight excluding hydrogens is 220 g/mol. The van der Waals surface area contributed by atoms with E-state index in [2.05, 4.69) is 20.8 Å². The standard InChI is InChI=1S/C17H34O/c1-4-7-10-16(11-8-5-2)12-14-17(18,9-6-3)15-13-16/h18H,4-15H2,1-3H3. The maximum atomic E-state index is 10.6. The van der Waals surface area contributed by atoms with E-state index in [0.717, 1.165) is 25.7 Å². The van der Waals surface area contributed by atoms with Crippen LogP contribution in [0.2, 0.25) is 0 Å². The first-order chi connectivity index (χ1) is 8.60. The smallest absolute Gasteiger partial charge is 0.0648 e. The quantitative estimate of drug-likeness (QED) is 0.610. The van der Waals surface area contributed by atoms with Crippen LogP contribution in [0.1, 0.15) is 97.8 Å². The van der Waals surface area contributed by atoms with Crippen molar-refractivity contribution in [3.05, 3.63) is 0 Å². The molecule has 108 valence electrons. The van der Waals surface area contributed by atoms with Crippen molar-refractivity contribution >= 4 is 0 Å². The molecule has 18 heavy (non-hydrogen) atoms. The fourth-order valence-corrected chi connectivity index (χ4v) is 3.69. The molecule has 0 saturated heterocycles. The molecule has 0 spiro atoms. The lowest BCUT2D eigenvalue weighted by atomic mass is 9.63. The van der Waals surface area contributed by atoms with Gasteiger partial charge in [0.1, 0.15) is 0 Å². The number of unbranched alkanes of at least 4 members (excludes halogenated alkanes) is 2. The van der Waals surface area contributed by atoms with Crippen LogP contribution in [0.3, 0.4) is 0 Å². The molecule has 1 aliphatic rings. The number of aliphatic hydroxyl groups is 1. The molecule has 1 fully saturated rings. The Morgan fingerprint density at radius 1 is 0.722 bits per heavy atom. The fraction of sp³-hybridized carbons (Fsp3) is 1.00. The first-order valence-corrected chi connectivity index (χ1v) is 8.32. The van der Waals surface area contributed by atoms with E-state index in [-0.39, 0.29) is 5.60 Å². The molecule has 1 nitrogen and oxygen atoms in total. The Morgan fingerprint density at radius 3 is 1.61 bits per heavy atom. The second-order valence-electron chi connectivity index (χ2n) is 6.68. The Morgan fingerprint density at radius 2 is 1.22 bits per heavy atom. The maximum absolute atomic E-state index is 10.6. The highest BCUT2D eigenvalue weighted by atomic mass is 16.3. The van der Waals surface area contributed by atoms with Crippen LogP contribution in [-0.4, -0.2) is 10.7 Å². The third kappa shape index (κ3) is 4.57. The van der Waals surface area contributed by atoms with E-state index in [4.69, 9.17) is 0 Å². The molecule has 0 amide bonds. The zero-order chi connectivity index (χ0) is 13.5. The number of rotatable bonds is 8. The molecule has 1 rings (SSSR count). The Bertz CT molecular complexity index is 204. The second kappa shape index (κ2) is 7.53. The summed E-state index contributed by atoms with van der Waals surface area (Å²) in [6, 6.07) is 0. The summed E-state index contributed by atoms with van der Waals surface area (Å²) in [5.41, 5.74) is 0.253. The van der Waals surface area contributed by atoms with Crippen LogP contribution in [0.5, 0.6) is 0 Å². The van der Waals surface area contributed by atoms with Gasteiger partial charge < -0.3 is 5.11 Å². The van der Waals surface area contributed by atoms with Gasteiger partial charge in [0.2, 0.25) is 0 Å². The fourth-order valence-electron chi connectivity index (χ4n) is 3.69. The number of hydrogen-bond acceptors (Lipinski definition) is 1. The largest absolute Gasteiger partial charge is 0.390 e. The zero-order valence-corrected chi connectivity index (χ0v) is 12.9. The van der Waals surface area contributed by atoms with Gasteiger partial charge >= 0.3 is 0 Å². The third-order valence-corrected chi connectivity index (χ3v) is 5.08. The van der Waals surface area contributed by atoms with Crippen LogP contribution >= 0.6 is 0 Å². The van der Waals surface area contributed by atoms with Gasteiger partial charge in [-0.3, -0.25) is 0 Å². The average Bonchev–Trinajstić information content (AvgIpc) is 2.38. The summed E-state index contributed by atoms with van der Waals surface area (Å²) < 4.78 is 0. The summed E-state index contributed by atoms with van der Waals surface area (Å²) in [7, 11) is 0. The molecule has 1 N–H and O–H groups in total. The van der Waals surface area contributed by atoms with Crippen LogP contribution in [0.25, 0.3) is 0 Å². The predicted molar refractivity (Wildman–Crippen MR) is 79.8 cm³/mol. The van der Waals surface area contributed by atoms with Gasteiger partial charge in [0, 0.05) is 0 Å². The van der Waals surface area contributed by atoms with E-state index < -0.39 is 0 Å². The lowest BCUT2D eigenvalue weighted by Gasteiger charge is -2.44. The summed E-state index contributed by atoms with van der Waals surface area (Å²) in [4.78, 5) is 0. The second-order valence-corrected chi connectivity index (χ2v) is 6.68. The molecule has 0 unspecified atom stereocenters. The van der Waals surface area contributed by atoms with E-state index in [0.29, 0.717) is 5.41 Å². The van der Waals surface area contributed by atoms with Gasteiger partial charge in [0.15, 0.2) is 0 Å². The van der Waals surface area contributed by atoms with E-state index in [1.165, 1.54) is 51.4 Å². The minimum Gasteiger partial charge on any atom is -0.390 e. The minimum atomic E-state index is -0.323. The van der Waals surface area contributed by atoms with Crippen LogP contribution in [-0.2, 0) is 0 Å². The predicted octanol–water partition coefficient (Wildman–Crippen LogP) is 5.46. The SMILES string of the molecule is CCCCC1(CCCC)CCC(O)(CCC)CC1. The van der Waals surface area contributed by atoms with Gasteiger partial charge in [-0.25, -0.2) is 0 Å². The highest BCUT2D eigenvalue weighted by Gasteiger charge is 2.40. The number of hydrogen-bond donors (Lipinski definition) is 1. The van der Waals surface area contributed by atoms with E-state index >= 15 is 0 Å². The van der Waals surface area contributed by atoms with Gasteiger partial charge in [-0.15, -0.1) is 0 Å². The summed E-state index contributed by atoms with van der Waals surface area (Å²) in [5.74, 6) is 0. The molecule has 0 aliphatic heterocycles. The van der Waals surface area contributed by atoms with Crippen LogP contribution < -0.4 is 0 Å². The molecule has 1 saturated carbocycles. The Kier molecular flexibility index (Phi) is 6.70. The normalized spacial score (nSPS) is 22.0. The lowest BCUT2D eigenvalue weighted by molar-refractivity contribution is -0.0460. The van der Waals surface area contributed by atoms with Crippen LogP contribution in [0.4, 0.5) is 0 Å². The van der Waals surface area contributed by atoms with Crippen molar-refractivity contribution in [2.75, 3.05) is 0 Å². The molecule has 1 heteroatoms. The van der Waals surface area contributed by atoms with Crippen LogP contribution in [0, 0.1) is 5.41 Å². The first kappa shape index (κ1) is 16.0. The molecule has 0 aromatic rings. The summed E-state index contributed by atoms with van der Waals surface area (Å²) in [5, 5.41) is 10.6. The first-order valence-electron chi connectivity index (χ1n) is 8.32. The van der Waals surface area contributed by atoms with Crippen molar-refractivity contribution in [1.29, 1.82) is 0 Å². The average molecular weight is 254 g/mol. The Hall–Kier alpha value is -0.0400. The highest BCUT2D eigenvalue weighted by Crippen LogP contribution is 2.48. The van der Waals surface area contributed by atoms with Crippen molar-refractivity contribution in [3.8, 4) is 0 Å². The molecule has 0 radical (unpaired) electrons. The summed E-state index contributed by atoms with van der Waals surface area (Å²) in [6.45, 7) is 6.78. The maximum Gasteiger partial charge on any atom is 0.0648 e.